The number of halogens is 6. The highest BCUT2D eigenvalue weighted by Crippen LogP contribution is 2.40. The lowest BCUT2D eigenvalue weighted by atomic mass is 10.0. The molecule has 2 rings (SSSR count). The molecule has 2 aromatic rings. The molecule has 0 saturated carbocycles. The van der Waals surface area contributed by atoms with E-state index >= 15 is 0 Å². The highest BCUT2D eigenvalue weighted by atomic mass is 127. The number of hydrogen-bond donors (Lipinski definition) is 14. The van der Waals surface area contributed by atoms with Crippen LogP contribution in [0.4, 0.5) is 11.4 Å². The first-order valence-corrected chi connectivity index (χ1v) is 26.3. The van der Waals surface area contributed by atoms with Crippen molar-refractivity contribution in [2.75, 3.05) is 62.5 Å². The van der Waals surface area contributed by atoms with Crippen molar-refractivity contribution < 1.29 is 79.8 Å². The minimum absolute atomic E-state index is 0.0380. The van der Waals surface area contributed by atoms with Gasteiger partial charge in [-0.05, 0) is 176 Å². The maximum Gasteiger partial charge on any atom is 0.255 e. The Hall–Kier alpha value is -0.760. The van der Waals surface area contributed by atoms with Crippen LogP contribution in [0.3, 0.4) is 0 Å². The minimum atomic E-state index is -2.10. The molecule has 14 N–H and O–H groups in total. The van der Waals surface area contributed by atoms with Crippen molar-refractivity contribution in [2.45, 2.75) is 82.7 Å². The number of anilines is 2. The number of aliphatic hydroxyl groups excluding tert-OH is 6. The zero-order valence-corrected chi connectivity index (χ0v) is 49.2. The summed E-state index contributed by atoms with van der Waals surface area (Å²) in [6, 6.07) is 0. The van der Waals surface area contributed by atoms with Gasteiger partial charge in [-0.15, -0.1) is 0 Å². The molecule has 4 unspecified atom stereocenters. The van der Waals surface area contributed by atoms with Crippen LogP contribution in [0.1, 0.15) is 101 Å². The van der Waals surface area contributed by atoms with Crippen molar-refractivity contribution in [3.05, 3.63) is 43.7 Å². The Morgan fingerprint density at radius 1 is 0.403 bits per heavy atom. The molecule has 0 aliphatic carbocycles. The fourth-order valence-electron chi connectivity index (χ4n) is 5.92. The van der Waals surface area contributed by atoms with Crippen LogP contribution in [0.2, 0.25) is 0 Å². The molecule has 0 spiro atoms. The van der Waals surface area contributed by atoms with E-state index in [0.717, 1.165) is 27.7 Å². The quantitative estimate of drug-likeness (QED) is 0.0383. The van der Waals surface area contributed by atoms with Crippen molar-refractivity contribution in [3.8, 4) is 0 Å². The molecule has 0 aliphatic heterocycles. The van der Waals surface area contributed by atoms with Crippen LogP contribution in [0.5, 0.6) is 0 Å². The second kappa shape index (κ2) is 26.8. The molecule has 0 radical (unpaired) electrons. The lowest BCUT2D eigenvalue weighted by molar-refractivity contribution is -0.122. The third-order valence-corrected chi connectivity index (χ3v) is 15.8. The van der Waals surface area contributed by atoms with Gasteiger partial charge in [0.2, 0.25) is 0 Å². The van der Waals surface area contributed by atoms with Gasteiger partial charge < -0.3 is 82.1 Å². The molecule has 376 valence electrons. The summed E-state index contributed by atoms with van der Waals surface area (Å²) in [7, 11) is 0. The van der Waals surface area contributed by atoms with Crippen LogP contribution in [0.15, 0.2) is 0 Å². The highest BCUT2D eigenvalue weighted by Gasteiger charge is 2.37. The number of carbonyl (C=O) groups excluding carboxylic acids is 6. The molecule has 6 amide bonds. The van der Waals surface area contributed by atoms with Crippen LogP contribution in [-0.2, 0) is 9.59 Å². The summed E-state index contributed by atoms with van der Waals surface area (Å²) in [5, 5.41) is 110. The number of rotatable bonds is 24. The number of unbranched alkanes of at least 4 members (excludes halogenated alkanes) is 4. The van der Waals surface area contributed by atoms with Crippen molar-refractivity contribution in [2.24, 2.45) is 0 Å². The first-order valence-electron chi connectivity index (χ1n) is 19.8. The fraction of sp³-hybridized carbons (Fsp3) is 0.538. The summed E-state index contributed by atoms with van der Waals surface area (Å²) < 4.78 is 0.621. The normalized spacial score (nSPS) is 15.0. The van der Waals surface area contributed by atoms with Gasteiger partial charge in [-0.3, -0.25) is 28.8 Å². The van der Waals surface area contributed by atoms with Gasteiger partial charge in [-0.2, -0.15) is 0 Å². The van der Waals surface area contributed by atoms with E-state index in [4.69, 9.17) is 0 Å². The Kier molecular flexibility index (Phi) is 24.9. The monoisotopic (exact) mass is 1620 g/mol. The van der Waals surface area contributed by atoms with Gasteiger partial charge in [0.15, 0.2) is 22.9 Å². The topological polar surface area (TPSA) is 359 Å². The van der Waals surface area contributed by atoms with Crippen molar-refractivity contribution in [1.82, 2.24) is 21.3 Å². The molecule has 0 saturated heterocycles. The molecule has 28 heteroatoms. The fourth-order valence-corrected chi connectivity index (χ4v) is 15.4. The first-order chi connectivity index (χ1) is 30.9. The number of carbonyl (C=O) groups is 6. The largest absolute Gasteiger partial charge is 0.391 e. The SMILES string of the molecule is CC(O)(CO)NC(=O)c1c(I)c(C(=O)NC(C)(O)CO)c(I)c(N(CCCCCCCN(C(=O)CO)c2c(I)c(C(=O)NC(C)(O)CO)c(I)c(C(=O)NC(C)(O)CO)c2I)C(=O)CO)c1I. The number of benzene rings is 2. The zero-order chi connectivity index (χ0) is 51.6. The van der Waals surface area contributed by atoms with Crippen LogP contribution >= 0.6 is 136 Å². The van der Waals surface area contributed by atoms with Crippen molar-refractivity contribution in [3.63, 3.8) is 0 Å². The van der Waals surface area contributed by atoms with Gasteiger partial charge in [0.25, 0.3) is 35.4 Å². The van der Waals surface area contributed by atoms with E-state index in [1.165, 1.54) is 9.80 Å². The summed E-state index contributed by atoms with van der Waals surface area (Å²) in [6.07, 6.45) is 1.98. The van der Waals surface area contributed by atoms with E-state index in [9.17, 15) is 79.8 Å². The Bertz CT molecular complexity index is 1930. The first kappa shape index (κ1) is 62.4. The molecule has 4 atom stereocenters. The summed E-state index contributed by atoms with van der Waals surface area (Å²) in [6.45, 7) is -1.02. The van der Waals surface area contributed by atoms with Gasteiger partial charge in [0.05, 0.1) is 74.3 Å². The lowest BCUT2D eigenvalue weighted by Crippen LogP contribution is -2.50. The van der Waals surface area contributed by atoms with Gasteiger partial charge >= 0.3 is 0 Å². The number of nitrogens with one attached hydrogen (secondary N) is 4. The molecule has 2 aromatic carbocycles. The summed E-state index contributed by atoms with van der Waals surface area (Å²) in [4.78, 5) is 83.8. The molecule has 0 aliphatic rings. The van der Waals surface area contributed by atoms with Gasteiger partial charge in [0.1, 0.15) is 13.2 Å². The van der Waals surface area contributed by atoms with Crippen LogP contribution in [0, 0.1) is 21.4 Å². The lowest BCUT2D eigenvalue weighted by Gasteiger charge is -2.30. The minimum Gasteiger partial charge on any atom is -0.391 e. The average Bonchev–Trinajstić information content (AvgIpc) is 3.23. The molecule has 0 aromatic heterocycles. The maximum absolute atomic E-state index is 13.7. The highest BCUT2D eigenvalue weighted by molar-refractivity contribution is 14.1. The van der Waals surface area contributed by atoms with Crippen LogP contribution in [0.25, 0.3) is 0 Å². The van der Waals surface area contributed by atoms with E-state index in [0.29, 0.717) is 32.1 Å². The second-order valence-corrected chi connectivity index (χ2v) is 22.3. The predicted octanol–water partition coefficient (Wildman–Crippen LogP) is 0.338. The number of hydrogen-bond acceptors (Lipinski definition) is 16. The van der Waals surface area contributed by atoms with E-state index in [2.05, 4.69) is 21.3 Å². The Labute approximate surface area is 467 Å². The van der Waals surface area contributed by atoms with Crippen molar-refractivity contribution >= 4 is 182 Å². The Morgan fingerprint density at radius 2 is 0.612 bits per heavy atom. The zero-order valence-electron chi connectivity index (χ0n) is 36.3. The van der Waals surface area contributed by atoms with Crippen molar-refractivity contribution in [1.29, 1.82) is 0 Å². The Morgan fingerprint density at radius 3 is 0.806 bits per heavy atom. The molecule has 0 bridgehead atoms. The van der Waals surface area contributed by atoms with E-state index in [1.54, 1.807) is 136 Å². The summed E-state index contributed by atoms with van der Waals surface area (Å²) in [5.74, 6) is -5.34. The molecular formula is C39H52I6N6O16. The van der Waals surface area contributed by atoms with Crippen LogP contribution < -0.4 is 31.1 Å². The van der Waals surface area contributed by atoms with Gasteiger partial charge in [0, 0.05) is 20.2 Å². The van der Waals surface area contributed by atoms with E-state index in [-0.39, 0.29) is 68.1 Å². The van der Waals surface area contributed by atoms with Crippen LogP contribution in [-0.4, -0.2) is 162 Å². The Balaban J connectivity index is 2.54. The second-order valence-electron chi connectivity index (χ2n) is 15.8. The average molecular weight is 1620 g/mol. The van der Waals surface area contributed by atoms with Gasteiger partial charge in [-0.25, -0.2) is 0 Å². The molecule has 0 fully saturated rings. The standard InChI is InChI=1S/C39H52I6N6O16/c1-36(64,14-54)46-32(60)20-24(40)21(33(61)47-37(2,65)15-55)27(43)30(26(20)42)50(18(58)12-52)10-8-6-5-7-9-11-51(19(59)13-53)31-28(44)22(34(62)48-38(3,66)16-56)25(41)23(29(31)45)35(63)49-39(4,67)17-57/h52-57,64-67H,5-17H2,1-4H3,(H,46,60)(H,47,61)(H,48,62)(H,49,63). The third kappa shape index (κ3) is 16.6. The third-order valence-electron chi connectivity index (χ3n) is 9.43. The molecule has 0 heterocycles. The molecule has 67 heavy (non-hydrogen) atoms. The van der Waals surface area contributed by atoms with Gasteiger partial charge in [-0.1, -0.05) is 19.3 Å². The number of nitrogens with zero attached hydrogens (tertiary/aromatic N) is 2. The van der Waals surface area contributed by atoms with E-state index < -0.39 is 98.0 Å². The number of aliphatic hydroxyl groups is 10. The predicted molar refractivity (Wildman–Crippen MR) is 292 cm³/mol. The molecule has 22 nitrogen and oxygen atoms in total. The summed E-state index contributed by atoms with van der Waals surface area (Å²) in [5.41, 5.74) is -9.00. The maximum atomic E-state index is 13.7. The van der Waals surface area contributed by atoms with E-state index in [1.807, 2.05) is 0 Å². The summed E-state index contributed by atoms with van der Waals surface area (Å²) >= 11 is 10.6. The number of amides is 6. The smallest absolute Gasteiger partial charge is 0.255 e. The molecular weight excluding hydrogens is 1570 g/mol.